The molecule has 0 bridgehead atoms. The number of hydrogen-bond donors (Lipinski definition) is 5. The van der Waals surface area contributed by atoms with Crippen molar-refractivity contribution >= 4 is 59.0 Å². The van der Waals surface area contributed by atoms with Crippen LogP contribution in [-0.2, 0) is 26.2 Å². The van der Waals surface area contributed by atoms with Crippen LogP contribution in [-0.4, -0.2) is 100 Å². The summed E-state index contributed by atoms with van der Waals surface area (Å²) in [4.78, 5) is 74.7. The number of H-pyrrole nitrogens is 1. The van der Waals surface area contributed by atoms with Crippen LogP contribution >= 0.6 is 23.5 Å². The van der Waals surface area contributed by atoms with Gasteiger partial charge in [-0.2, -0.15) is 0 Å². The van der Waals surface area contributed by atoms with E-state index < -0.39 is 46.5 Å². The number of phenolic OH excluding ortho intramolecular Hbond substituents is 1. The number of rotatable bonds is 13. The Hall–Kier alpha value is -4.15. The van der Waals surface area contributed by atoms with E-state index in [-0.39, 0.29) is 69.7 Å². The number of aromatic amines is 1. The van der Waals surface area contributed by atoms with Crippen molar-refractivity contribution in [3.8, 4) is 5.75 Å². The zero-order valence-electron chi connectivity index (χ0n) is 26.7. The zero-order chi connectivity index (χ0) is 34.7. The van der Waals surface area contributed by atoms with Crippen LogP contribution in [0.5, 0.6) is 5.75 Å². The van der Waals surface area contributed by atoms with Crippen LogP contribution in [0.25, 0.3) is 0 Å². The monoisotopic (exact) mass is 723 g/mol. The number of aliphatic carboxylic acids is 1. The number of urea groups is 1. The van der Waals surface area contributed by atoms with Crippen LogP contribution in [0.2, 0.25) is 0 Å². The van der Waals surface area contributed by atoms with Crippen molar-refractivity contribution in [3.05, 3.63) is 57.6 Å². The summed E-state index contributed by atoms with van der Waals surface area (Å²) in [6, 6.07) is 2.25. The van der Waals surface area contributed by atoms with Crippen LogP contribution in [0.4, 0.5) is 16.4 Å². The van der Waals surface area contributed by atoms with Gasteiger partial charge in [-0.15, -0.1) is 16.9 Å². The number of methoxy groups -OCH3 is 1. The number of nitrogens with zero attached hydrogens (tertiary/aromatic N) is 7. The molecule has 19 nitrogen and oxygen atoms in total. The van der Waals surface area contributed by atoms with Gasteiger partial charge in [-0.25, -0.2) is 14.5 Å². The summed E-state index contributed by atoms with van der Waals surface area (Å²) in [5.74, 6) is -3.34. The second-order valence-electron chi connectivity index (χ2n) is 10.5. The molecule has 3 atom stereocenters. The van der Waals surface area contributed by atoms with E-state index in [4.69, 9.17) is 10.5 Å². The number of carbonyl (C=O) groups is 4. The standard InChI is InChI=1S/C27H31N11O8S2.Na/c1-4-9-29-25-30-10-16(19(40)31-25)37(24(28)45)17(13-5-7-15(39)8-6-13)20(41)32-27(46-3)22(44)38-18(21(42)43)14(11-47-23(27)38)12-48-26-33-34-35-36(26)2;/h5-8,10,17,23,39H,4,9,11-12H2,1-3H3,(H2,28,45)(H,32,41)(H,42,43)(H2,29,30,31,40);/q;+1/p-1/t17?,23-,27+;/m1./s1. The molecular weight excluding hydrogens is 693 g/mol. The molecule has 4 heterocycles. The van der Waals surface area contributed by atoms with Gasteiger partial charge in [0.1, 0.15) is 22.9 Å². The summed E-state index contributed by atoms with van der Waals surface area (Å²) >= 11 is 2.29. The molecule has 1 aromatic carbocycles. The van der Waals surface area contributed by atoms with Crippen molar-refractivity contribution < 1.29 is 63.7 Å². The molecule has 0 spiro atoms. The number of primary amides is 1. The fourth-order valence-corrected chi connectivity index (χ4v) is 7.57. The van der Waals surface area contributed by atoms with Crippen molar-refractivity contribution in [1.82, 2.24) is 40.4 Å². The fraction of sp³-hybridized carbons (Fsp3) is 0.370. The van der Waals surface area contributed by atoms with Crippen molar-refractivity contribution in [3.63, 3.8) is 0 Å². The first-order valence-corrected chi connectivity index (χ1v) is 16.3. The van der Waals surface area contributed by atoms with E-state index in [0.717, 1.165) is 48.2 Å². The number of benzene rings is 1. The number of hydrogen-bond acceptors (Lipinski definition) is 15. The zero-order valence-corrected chi connectivity index (χ0v) is 30.3. The molecule has 22 heteroatoms. The van der Waals surface area contributed by atoms with E-state index in [9.17, 15) is 34.2 Å². The number of anilines is 2. The Labute approximate surface area is 308 Å². The number of carboxylic acids is 1. The van der Waals surface area contributed by atoms with Gasteiger partial charge >= 0.3 is 35.6 Å². The quantitative estimate of drug-likeness (QED) is 0.0483. The molecule has 4 amide bonds. The number of thioether (sulfide) groups is 2. The number of aromatic hydroxyl groups is 1. The summed E-state index contributed by atoms with van der Waals surface area (Å²) in [6.07, 6.45) is 1.80. The van der Waals surface area contributed by atoms with E-state index in [0.29, 0.717) is 22.2 Å². The first-order chi connectivity index (χ1) is 22.9. The minimum absolute atomic E-state index is 0. The van der Waals surface area contributed by atoms with Gasteiger partial charge in [-0.05, 0) is 40.1 Å². The van der Waals surface area contributed by atoms with E-state index in [1.165, 1.54) is 28.9 Å². The number of β-lactam (4-membered cyclic amide) rings is 1. The first-order valence-electron chi connectivity index (χ1n) is 14.2. The summed E-state index contributed by atoms with van der Waals surface area (Å²) in [7, 11) is 2.77. The predicted molar refractivity (Wildman–Crippen MR) is 169 cm³/mol. The number of aryl methyl sites for hydroxylation is 1. The van der Waals surface area contributed by atoms with E-state index in [1.54, 1.807) is 7.05 Å². The number of nitrogens with one attached hydrogen (secondary N) is 3. The smallest absolute Gasteiger partial charge is 0.543 e. The normalized spacial score (nSPS) is 18.9. The largest absolute Gasteiger partial charge is 1.00 e. The average molecular weight is 724 g/mol. The van der Waals surface area contributed by atoms with Crippen molar-refractivity contribution in [1.29, 1.82) is 0 Å². The molecule has 0 saturated carbocycles. The van der Waals surface area contributed by atoms with Crippen LogP contribution in [0.1, 0.15) is 24.9 Å². The van der Waals surface area contributed by atoms with Crippen molar-refractivity contribution in [2.75, 3.05) is 35.4 Å². The summed E-state index contributed by atoms with van der Waals surface area (Å²) in [5.41, 5.74) is 2.52. The second-order valence-corrected chi connectivity index (χ2v) is 12.5. The van der Waals surface area contributed by atoms with Gasteiger partial charge in [-0.1, -0.05) is 30.8 Å². The summed E-state index contributed by atoms with van der Waals surface area (Å²) in [6.45, 7) is 2.41. The Morgan fingerprint density at radius 1 is 1.31 bits per heavy atom. The third-order valence-electron chi connectivity index (χ3n) is 7.43. The third kappa shape index (κ3) is 7.26. The number of tetrazole rings is 1. The number of carboxylic acid groups (broad SMARTS) is 1. The molecule has 6 N–H and O–H groups in total. The van der Waals surface area contributed by atoms with E-state index in [2.05, 4.69) is 36.1 Å². The Kier molecular flexibility index (Phi) is 12.0. The SMILES string of the molecule is CCCNc1ncc(N(C(N)=O)C(C(=O)N[C@]2(OC)C(=O)N3C(C(=O)[O-])=C(CSc4nnnn4C)CS[C@@H]32)c2ccc(O)cc2)c(=O)[nH]1.[Na+]. The first kappa shape index (κ1) is 37.7. The molecule has 3 aromatic rings. The summed E-state index contributed by atoms with van der Waals surface area (Å²) < 4.78 is 6.98. The molecule has 49 heavy (non-hydrogen) atoms. The van der Waals surface area contributed by atoms with E-state index in [1.807, 2.05) is 6.92 Å². The molecule has 5 rings (SSSR count). The van der Waals surface area contributed by atoms with Gasteiger partial charge in [0.25, 0.3) is 23.1 Å². The van der Waals surface area contributed by atoms with Crippen LogP contribution in [0.15, 0.2) is 51.7 Å². The van der Waals surface area contributed by atoms with E-state index >= 15 is 0 Å². The predicted octanol–water partition coefficient (Wildman–Crippen LogP) is -4.38. The Balaban J connectivity index is 0.00000541. The molecule has 1 unspecified atom stereocenters. The van der Waals surface area contributed by atoms with Crippen molar-refractivity contribution in [2.45, 2.75) is 35.6 Å². The molecular formula is C27H30N11NaO8S2. The second kappa shape index (κ2) is 15.6. The number of nitrogens with two attached hydrogens (primary N) is 1. The van der Waals surface area contributed by atoms with Crippen LogP contribution in [0.3, 0.4) is 0 Å². The Bertz CT molecular complexity index is 1840. The minimum atomic E-state index is -2.09. The molecule has 1 fully saturated rings. The van der Waals surface area contributed by atoms with Gasteiger partial charge < -0.3 is 36.1 Å². The van der Waals surface area contributed by atoms with Gasteiger partial charge in [0.05, 0.1) is 17.9 Å². The number of aromatic nitrogens is 6. The molecule has 2 aliphatic heterocycles. The number of amides is 4. The number of ether oxygens (including phenoxy) is 1. The maximum absolute atomic E-state index is 14.2. The fourth-order valence-electron chi connectivity index (χ4n) is 5.14. The number of phenols is 1. The van der Waals surface area contributed by atoms with Crippen LogP contribution in [0, 0.1) is 0 Å². The third-order valence-corrected chi connectivity index (χ3v) is 9.90. The minimum Gasteiger partial charge on any atom is -0.543 e. The van der Waals surface area contributed by atoms with Gasteiger partial charge in [0.2, 0.25) is 11.1 Å². The number of fused-ring (bicyclic) bond motifs is 1. The Morgan fingerprint density at radius 3 is 2.59 bits per heavy atom. The molecule has 0 radical (unpaired) electrons. The summed E-state index contributed by atoms with van der Waals surface area (Å²) in [5, 5.41) is 38.2. The van der Waals surface area contributed by atoms with Gasteiger partial charge in [-0.3, -0.25) is 29.2 Å². The molecule has 0 aliphatic carbocycles. The topological polar surface area (TPSA) is 267 Å². The molecule has 254 valence electrons. The van der Waals surface area contributed by atoms with Gasteiger partial charge in [0, 0.05) is 32.2 Å². The van der Waals surface area contributed by atoms with Crippen molar-refractivity contribution in [2.24, 2.45) is 12.8 Å². The molecule has 2 aliphatic rings. The molecule has 2 aromatic heterocycles. The van der Waals surface area contributed by atoms with Gasteiger partial charge in [0.15, 0.2) is 0 Å². The maximum Gasteiger partial charge on any atom is 1.00 e. The average Bonchev–Trinajstić information content (AvgIpc) is 3.48. The maximum atomic E-state index is 14.2. The number of carbonyl (C=O) groups excluding carboxylic acids is 4. The van der Waals surface area contributed by atoms with Crippen LogP contribution < -0.4 is 61.5 Å². The molecule has 1 saturated heterocycles. The Morgan fingerprint density at radius 2 is 2.02 bits per heavy atom.